The van der Waals surface area contributed by atoms with Gasteiger partial charge in [-0.3, -0.25) is 4.90 Å². The van der Waals surface area contributed by atoms with Crippen LogP contribution in [0.5, 0.6) is 0 Å². The van der Waals surface area contributed by atoms with Crippen LogP contribution in [0.25, 0.3) is 0 Å². The van der Waals surface area contributed by atoms with Crippen molar-refractivity contribution in [3.63, 3.8) is 0 Å². The van der Waals surface area contributed by atoms with Crippen molar-refractivity contribution >= 4 is 6.09 Å². The van der Waals surface area contributed by atoms with Gasteiger partial charge in [0.05, 0.1) is 18.7 Å². The molecule has 2 N–H and O–H groups in total. The van der Waals surface area contributed by atoms with Crippen molar-refractivity contribution in [2.75, 3.05) is 6.54 Å². The van der Waals surface area contributed by atoms with E-state index in [1.807, 2.05) is 0 Å². The Balaban J connectivity index is 2.65. The van der Waals surface area contributed by atoms with Crippen molar-refractivity contribution in [3.05, 3.63) is 0 Å². The highest BCUT2D eigenvalue weighted by atomic mass is 19.3. The van der Waals surface area contributed by atoms with Gasteiger partial charge in [0, 0.05) is 6.42 Å². The number of alkyl halides is 2. The molecular weight excluding hydrogens is 172 g/mol. The van der Waals surface area contributed by atoms with Gasteiger partial charge in [0.25, 0.3) is 6.43 Å². The van der Waals surface area contributed by atoms with Crippen LogP contribution in [-0.2, 0) is 0 Å². The monoisotopic (exact) mass is 181 g/mol. The standard InChI is InChI=1S/C6H9F2NO3/c7-5(8)4-1-3(10)2-9(4)6(11)12/h3-5,10H,1-2H2,(H,11,12)/t3-,4+/m1/s1. The fraction of sp³-hybridized carbons (Fsp3) is 0.833. The predicted octanol–water partition coefficient (Wildman–Crippen LogP) is 0.365. The Bertz CT molecular complexity index is 188. The van der Waals surface area contributed by atoms with E-state index < -0.39 is 24.7 Å². The minimum atomic E-state index is -2.72. The van der Waals surface area contributed by atoms with Crippen molar-refractivity contribution in [2.24, 2.45) is 0 Å². The second-order valence-electron chi connectivity index (χ2n) is 2.73. The molecule has 0 spiro atoms. The zero-order valence-corrected chi connectivity index (χ0v) is 6.15. The van der Waals surface area contributed by atoms with Crippen molar-refractivity contribution in [1.82, 2.24) is 4.90 Å². The number of amides is 1. The summed E-state index contributed by atoms with van der Waals surface area (Å²) in [6, 6.07) is -1.35. The first kappa shape index (κ1) is 9.18. The van der Waals surface area contributed by atoms with Crippen molar-refractivity contribution in [1.29, 1.82) is 0 Å². The minimum Gasteiger partial charge on any atom is -0.465 e. The van der Waals surface area contributed by atoms with Gasteiger partial charge in [0.2, 0.25) is 0 Å². The summed E-state index contributed by atoms with van der Waals surface area (Å²) in [6.45, 7) is -0.218. The van der Waals surface area contributed by atoms with Crippen LogP contribution in [0.2, 0.25) is 0 Å². The molecule has 1 aliphatic rings. The quantitative estimate of drug-likeness (QED) is 0.614. The molecule has 1 amide bonds. The first-order valence-corrected chi connectivity index (χ1v) is 3.48. The van der Waals surface area contributed by atoms with Gasteiger partial charge in [-0.15, -0.1) is 0 Å². The average Bonchev–Trinajstić information content (AvgIpc) is 2.31. The Morgan fingerprint density at radius 2 is 2.17 bits per heavy atom. The zero-order valence-electron chi connectivity index (χ0n) is 6.15. The lowest BCUT2D eigenvalue weighted by Gasteiger charge is -2.19. The molecule has 0 aromatic rings. The molecule has 6 heteroatoms. The maximum absolute atomic E-state index is 12.1. The van der Waals surface area contributed by atoms with Crippen molar-refractivity contribution in [2.45, 2.75) is 25.0 Å². The number of β-amino-alcohol motifs (C(OH)–C–C–N with tert-alkyl or cyclic N) is 1. The SMILES string of the molecule is O=C(O)N1C[C@H](O)C[C@H]1C(F)F. The second kappa shape index (κ2) is 3.22. The molecular formula is C6H9F2NO3. The van der Waals surface area contributed by atoms with E-state index in [4.69, 9.17) is 10.2 Å². The number of hydrogen-bond donors (Lipinski definition) is 2. The van der Waals surface area contributed by atoms with Gasteiger partial charge < -0.3 is 10.2 Å². The van der Waals surface area contributed by atoms with E-state index in [-0.39, 0.29) is 13.0 Å². The third-order valence-electron chi connectivity index (χ3n) is 1.86. The predicted molar refractivity (Wildman–Crippen MR) is 35.1 cm³/mol. The lowest BCUT2D eigenvalue weighted by Crippen LogP contribution is -2.38. The normalized spacial score (nSPS) is 29.8. The fourth-order valence-corrected chi connectivity index (χ4v) is 1.30. The lowest BCUT2D eigenvalue weighted by atomic mass is 10.2. The number of rotatable bonds is 1. The summed E-state index contributed by atoms with van der Waals surface area (Å²) in [5.74, 6) is 0. The molecule has 70 valence electrons. The Kier molecular flexibility index (Phi) is 2.46. The summed E-state index contributed by atoms with van der Waals surface area (Å²) in [5, 5.41) is 17.4. The molecule has 1 fully saturated rings. The van der Waals surface area contributed by atoms with E-state index in [0.717, 1.165) is 0 Å². The number of nitrogens with zero attached hydrogens (tertiary/aromatic N) is 1. The van der Waals surface area contributed by atoms with Gasteiger partial charge in [0.15, 0.2) is 0 Å². The lowest BCUT2D eigenvalue weighted by molar-refractivity contribution is 0.0469. The number of carboxylic acid groups (broad SMARTS) is 1. The van der Waals surface area contributed by atoms with E-state index in [1.54, 1.807) is 0 Å². The zero-order chi connectivity index (χ0) is 9.30. The molecule has 0 radical (unpaired) electrons. The minimum absolute atomic E-state index is 0.177. The molecule has 1 rings (SSSR count). The summed E-state index contributed by atoms with van der Waals surface area (Å²) in [5.41, 5.74) is 0. The number of halogens is 2. The molecule has 12 heavy (non-hydrogen) atoms. The average molecular weight is 181 g/mol. The van der Waals surface area contributed by atoms with E-state index in [9.17, 15) is 13.6 Å². The molecule has 0 aromatic heterocycles. The largest absolute Gasteiger partial charge is 0.465 e. The molecule has 1 aliphatic heterocycles. The molecule has 4 nitrogen and oxygen atoms in total. The molecule has 1 saturated heterocycles. The molecule has 0 aliphatic carbocycles. The van der Waals surface area contributed by atoms with E-state index >= 15 is 0 Å². The second-order valence-corrected chi connectivity index (χ2v) is 2.73. The number of likely N-dealkylation sites (tertiary alicyclic amines) is 1. The highest BCUT2D eigenvalue weighted by Crippen LogP contribution is 2.23. The Morgan fingerprint density at radius 3 is 2.50 bits per heavy atom. The molecule has 0 aromatic carbocycles. The smallest absolute Gasteiger partial charge is 0.407 e. The number of aliphatic hydroxyl groups excluding tert-OH is 1. The van der Waals surface area contributed by atoms with Crippen LogP contribution in [0, 0.1) is 0 Å². The fourth-order valence-electron chi connectivity index (χ4n) is 1.30. The van der Waals surface area contributed by atoms with Crippen LogP contribution in [0.1, 0.15) is 6.42 Å². The van der Waals surface area contributed by atoms with Crippen LogP contribution >= 0.6 is 0 Å². The van der Waals surface area contributed by atoms with Crippen molar-refractivity contribution < 1.29 is 23.8 Å². The van der Waals surface area contributed by atoms with Crippen LogP contribution in [0.15, 0.2) is 0 Å². The highest BCUT2D eigenvalue weighted by molar-refractivity contribution is 5.66. The third kappa shape index (κ3) is 1.63. The summed E-state index contributed by atoms with van der Waals surface area (Å²) in [6.07, 6.45) is -5.26. The Morgan fingerprint density at radius 1 is 1.58 bits per heavy atom. The molecule has 0 unspecified atom stereocenters. The number of aliphatic hydroxyl groups is 1. The van der Waals surface area contributed by atoms with E-state index in [2.05, 4.69) is 0 Å². The van der Waals surface area contributed by atoms with Gasteiger partial charge in [-0.05, 0) is 0 Å². The van der Waals surface area contributed by atoms with Gasteiger partial charge >= 0.3 is 6.09 Å². The highest BCUT2D eigenvalue weighted by Gasteiger charge is 2.39. The van der Waals surface area contributed by atoms with Crippen LogP contribution in [0.3, 0.4) is 0 Å². The Hall–Kier alpha value is -0.910. The molecule has 0 bridgehead atoms. The molecule has 1 heterocycles. The van der Waals surface area contributed by atoms with Gasteiger partial charge in [-0.1, -0.05) is 0 Å². The van der Waals surface area contributed by atoms with E-state index in [1.165, 1.54) is 0 Å². The molecule has 0 saturated carbocycles. The van der Waals surface area contributed by atoms with Crippen LogP contribution < -0.4 is 0 Å². The third-order valence-corrected chi connectivity index (χ3v) is 1.86. The summed E-state index contributed by atoms with van der Waals surface area (Å²) in [7, 11) is 0. The summed E-state index contributed by atoms with van der Waals surface area (Å²) < 4.78 is 24.2. The maximum Gasteiger partial charge on any atom is 0.407 e. The topological polar surface area (TPSA) is 60.8 Å². The van der Waals surface area contributed by atoms with Crippen LogP contribution in [0.4, 0.5) is 13.6 Å². The first-order valence-electron chi connectivity index (χ1n) is 3.48. The van der Waals surface area contributed by atoms with Gasteiger partial charge in [-0.25, -0.2) is 13.6 Å². The number of carbonyl (C=O) groups is 1. The van der Waals surface area contributed by atoms with Crippen LogP contribution in [-0.4, -0.2) is 46.3 Å². The molecule has 2 atom stereocenters. The summed E-state index contributed by atoms with van der Waals surface area (Å²) >= 11 is 0. The van der Waals surface area contributed by atoms with Gasteiger partial charge in [-0.2, -0.15) is 0 Å². The Labute approximate surface area is 67.4 Å². The summed E-state index contributed by atoms with van der Waals surface area (Å²) in [4.78, 5) is 10.9. The number of hydrogen-bond acceptors (Lipinski definition) is 2. The van der Waals surface area contributed by atoms with Crippen molar-refractivity contribution in [3.8, 4) is 0 Å². The maximum atomic E-state index is 12.1. The van der Waals surface area contributed by atoms with E-state index in [0.29, 0.717) is 4.90 Å². The first-order chi connectivity index (χ1) is 5.52. The van der Waals surface area contributed by atoms with Gasteiger partial charge in [0.1, 0.15) is 0 Å².